The molecule has 1 rings (SSSR count). The third kappa shape index (κ3) is 2.94. The van der Waals surface area contributed by atoms with Gasteiger partial charge < -0.3 is 5.73 Å². The van der Waals surface area contributed by atoms with Crippen LogP contribution < -0.4 is 11.2 Å². The lowest BCUT2D eigenvalue weighted by Crippen LogP contribution is -2.22. The van der Waals surface area contributed by atoms with E-state index in [-0.39, 0.29) is 15.2 Å². The largest absolute Gasteiger partial charge is 0.382 e. The summed E-state index contributed by atoms with van der Waals surface area (Å²) in [5, 5.41) is 18.9. The molecular formula is C9H5BrClF2N5. The molecule has 0 fully saturated rings. The van der Waals surface area contributed by atoms with Crippen molar-refractivity contribution in [3.63, 3.8) is 0 Å². The van der Waals surface area contributed by atoms with Gasteiger partial charge in [0.2, 0.25) is 5.71 Å². The van der Waals surface area contributed by atoms with Crippen LogP contribution in [0, 0.1) is 28.4 Å². The molecule has 0 bridgehead atoms. The summed E-state index contributed by atoms with van der Waals surface area (Å²) in [5.74, 6) is -2.85. The minimum atomic E-state index is -1.15. The van der Waals surface area contributed by atoms with E-state index in [0.717, 1.165) is 6.07 Å². The number of benzene rings is 1. The second-order valence-electron chi connectivity index (χ2n) is 2.94. The summed E-state index contributed by atoms with van der Waals surface area (Å²) in [6.45, 7) is 0. The summed E-state index contributed by atoms with van der Waals surface area (Å²) in [4.78, 5) is 0. The molecule has 0 unspecified atom stereocenters. The summed E-state index contributed by atoms with van der Waals surface area (Å²) >= 11 is 8.47. The van der Waals surface area contributed by atoms with E-state index in [1.165, 1.54) is 0 Å². The van der Waals surface area contributed by atoms with Crippen molar-refractivity contribution >= 4 is 44.8 Å². The molecule has 5 nitrogen and oxygen atoms in total. The number of nitrogens with two attached hydrogens (primary N) is 1. The van der Waals surface area contributed by atoms with Gasteiger partial charge >= 0.3 is 0 Å². The van der Waals surface area contributed by atoms with Crippen LogP contribution in [0.1, 0.15) is 0 Å². The van der Waals surface area contributed by atoms with Crippen LogP contribution >= 0.6 is 27.5 Å². The molecule has 0 spiro atoms. The smallest absolute Gasteiger partial charge is 0.201 e. The molecule has 0 heterocycles. The number of anilines is 1. The van der Waals surface area contributed by atoms with Gasteiger partial charge in [0.25, 0.3) is 0 Å². The predicted octanol–water partition coefficient (Wildman–Crippen LogP) is 2.61. The zero-order valence-corrected chi connectivity index (χ0v) is 10.9. The van der Waals surface area contributed by atoms with Gasteiger partial charge in [-0.15, -0.1) is 0 Å². The van der Waals surface area contributed by atoms with Gasteiger partial charge in [0, 0.05) is 0 Å². The van der Waals surface area contributed by atoms with E-state index in [1.807, 2.05) is 0 Å². The first-order valence-electron chi connectivity index (χ1n) is 4.29. The van der Waals surface area contributed by atoms with Gasteiger partial charge in [0.05, 0.1) is 15.2 Å². The number of nitrogens with zero attached hydrogens (tertiary/aromatic N) is 2. The number of nitriles is 1. The molecule has 0 saturated heterocycles. The zero-order valence-electron chi connectivity index (χ0n) is 8.56. The summed E-state index contributed by atoms with van der Waals surface area (Å²) < 4.78 is 25.9. The SMILES string of the molecule is N#C/C(=N\Nc1c(Cl)cc(F)c(F)c1Br)C(=N)N. The fraction of sp³-hybridized carbons (Fsp3) is 0. The average molecular weight is 337 g/mol. The molecule has 9 heteroatoms. The van der Waals surface area contributed by atoms with Crippen LogP contribution in [-0.2, 0) is 0 Å². The topological polar surface area (TPSA) is 98.0 Å². The number of halogens is 4. The molecule has 0 aliphatic rings. The molecule has 0 amide bonds. The van der Waals surface area contributed by atoms with Crippen molar-refractivity contribution in [1.29, 1.82) is 10.7 Å². The van der Waals surface area contributed by atoms with Crippen LogP contribution in [-0.4, -0.2) is 11.5 Å². The number of nitrogens with one attached hydrogen (secondary N) is 2. The Bertz CT molecular complexity index is 581. The Kier molecular flexibility index (Phi) is 4.58. The fourth-order valence-corrected chi connectivity index (χ4v) is 1.76. The van der Waals surface area contributed by atoms with Crippen molar-refractivity contribution in [1.82, 2.24) is 0 Å². The Labute approximate surface area is 114 Å². The fourth-order valence-electron chi connectivity index (χ4n) is 0.926. The number of hydrogen-bond acceptors (Lipinski definition) is 4. The average Bonchev–Trinajstić information content (AvgIpc) is 2.30. The lowest BCUT2D eigenvalue weighted by atomic mass is 10.3. The number of amidine groups is 1. The summed E-state index contributed by atoms with van der Waals surface area (Å²) in [6, 6.07) is 2.30. The van der Waals surface area contributed by atoms with Crippen molar-refractivity contribution in [3.05, 3.63) is 27.2 Å². The van der Waals surface area contributed by atoms with E-state index in [9.17, 15) is 8.78 Å². The number of hydrogen-bond donors (Lipinski definition) is 3. The third-order valence-electron chi connectivity index (χ3n) is 1.75. The Morgan fingerprint density at radius 2 is 2.22 bits per heavy atom. The van der Waals surface area contributed by atoms with E-state index >= 15 is 0 Å². The van der Waals surface area contributed by atoms with E-state index in [4.69, 9.17) is 28.0 Å². The number of rotatable bonds is 3. The predicted molar refractivity (Wildman–Crippen MR) is 67.7 cm³/mol. The Balaban J connectivity index is 3.18. The van der Waals surface area contributed by atoms with Crippen molar-refractivity contribution in [2.24, 2.45) is 10.8 Å². The maximum absolute atomic E-state index is 13.2. The first-order valence-corrected chi connectivity index (χ1v) is 5.46. The lowest BCUT2D eigenvalue weighted by Gasteiger charge is -2.08. The normalized spacial score (nSPS) is 10.9. The maximum atomic E-state index is 13.2. The van der Waals surface area contributed by atoms with Gasteiger partial charge in [-0.05, 0) is 22.0 Å². The van der Waals surface area contributed by atoms with Gasteiger partial charge in [-0.2, -0.15) is 10.4 Å². The highest BCUT2D eigenvalue weighted by Crippen LogP contribution is 2.34. The van der Waals surface area contributed by atoms with Gasteiger partial charge in [-0.25, -0.2) is 8.78 Å². The molecule has 0 atom stereocenters. The first kappa shape index (κ1) is 14.3. The standard InChI is InChI=1S/C9H5BrClF2N5/c10-6-7(13)4(12)1-3(11)8(6)18-17-5(2-14)9(15)16/h1,18H,(H3,15,16)/b17-5+. The molecule has 0 aromatic heterocycles. The molecule has 4 N–H and O–H groups in total. The molecule has 1 aromatic rings. The van der Waals surface area contributed by atoms with Gasteiger partial charge in [0.15, 0.2) is 17.5 Å². The molecule has 0 saturated carbocycles. The Hall–Kier alpha value is -1.72. The maximum Gasteiger partial charge on any atom is 0.201 e. The van der Waals surface area contributed by atoms with E-state index in [0.29, 0.717) is 0 Å². The molecule has 0 radical (unpaired) electrons. The highest BCUT2D eigenvalue weighted by molar-refractivity contribution is 9.10. The van der Waals surface area contributed by atoms with Crippen molar-refractivity contribution in [2.45, 2.75) is 0 Å². The van der Waals surface area contributed by atoms with Crippen molar-refractivity contribution < 1.29 is 8.78 Å². The molecule has 1 aromatic carbocycles. The lowest BCUT2D eigenvalue weighted by molar-refractivity contribution is 0.505. The van der Waals surface area contributed by atoms with Crippen LogP contribution in [0.2, 0.25) is 5.02 Å². The van der Waals surface area contributed by atoms with Crippen LogP contribution in [0.4, 0.5) is 14.5 Å². The Morgan fingerprint density at radius 1 is 1.61 bits per heavy atom. The molecule has 18 heavy (non-hydrogen) atoms. The van der Waals surface area contributed by atoms with Crippen LogP contribution in [0.3, 0.4) is 0 Å². The van der Waals surface area contributed by atoms with Gasteiger partial charge in [0.1, 0.15) is 6.07 Å². The van der Waals surface area contributed by atoms with Gasteiger partial charge in [-0.1, -0.05) is 11.6 Å². The first-order chi connectivity index (χ1) is 8.38. The molecule has 0 aliphatic carbocycles. The second-order valence-corrected chi connectivity index (χ2v) is 4.14. The zero-order chi connectivity index (χ0) is 13.9. The van der Waals surface area contributed by atoms with Crippen molar-refractivity contribution in [3.8, 4) is 6.07 Å². The van der Waals surface area contributed by atoms with E-state index in [1.54, 1.807) is 6.07 Å². The minimum Gasteiger partial charge on any atom is -0.382 e. The van der Waals surface area contributed by atoms with E-state index in [2.05, 4.69) is 26.5 Å². The highest BCUT2D eigenvalue weighted by atomic mass is 79.9. The minimum absolute atomic E-state index is 0.0791. The van der Waals surface area contributed by atoms with E-state index < -0.39 is 23.2 Å². The van der Waals surface area contributed by atoms with Crippen molar-refractivity contribution in [2.75, 3.05) is 5.43 Å². The van der Waals surface area contributed by atoms with Crippen LogP contribution in [0.15, 0.2) is 15.6 Å². The molecule has 0 aliphatic heterocycles. The third-order valence-corrected chi connectivity index (χ3v) is 2.80. The highest BCUT2D eigenvalue weighted by Gasteiger charge is 2.15. The quantitative estimate of drug-likeness (QED) is 0.260. The van der Waals surface area contributed by atoms with Gasteiger partial charge in [-0.3, -0.25) is 10.8 Å². The summed E-state index contributed by atoms with van der Waals surface area (Å²) in [7, 11) is 0. The molecule has 94 valence electrons. The van der Waals surface area contributed by atoms with Crippen LogP contribution in [0.5, 0.6) is 0 Å². The summed E-state index contributed by atoms with van der Waals surface area (Å²) in [5.41, 5.74) is 6.80. The monoisotopic (exact) mass is 335 g/mol. The molecular weight excluding hydrogens is 331 g/mol. The van der Waals surface area contributed by atoms with Crippen LogP contribution in [0.25, 0.3) is 0 Å². The second kappa shape index (κ2) is 5.75. The number of hydrazone groups is 1. The summed E-state index contributed by atoms with van der Waals surface area (Å²) in [6.07, 6.45) is 0. The Morgan fingerprint density at radius 3 is 2.72 bits per heavy atom.